The summed E-state index contributed by atoms with van der Waals surface area (Å²) < 4.78 is 5.53. The molecule has 4 heteroatoms. The fourth-order valence-corrected chi connectivity index (χ4v) is 2.77. The summed E-state index contributed by atoms with van der Waals surface area (Å²) in [5.41, 5.74) is 3.19. The summed E-state index contributed by atoms with van der Waals surface area (Å²) >= 11 is 0. The second-order valence-electron chi connectivity index (χ2n) is 4.96. The third-order valence-corrected chi connectivity index (χ3v) is 3.71. The molecule has 1 saturated heterocycles. The second kappa shape index (κ2) is 5.63. The molecular formula is C15H19N3O. The van der Waals surface area contributed by atoms with Gasteiger partial charge in [-0.3, -0.25) is 9.97 Å². The third kappa shape index (κ3) is 2.60. The Hall–Kier alpha value is -1.52. The highest BCUT2D eigenvalue weighted by molar-refractivity contribution is 5.74. The van der Waals surface area contributed by atoms with Crippen molar-refractivity contribution in [2.45, 2.75) is 19.4 Å². The van der Waals surface area contributed by atoms with Crippen LogP contribution in [0.15, 0.2) is 30.6 Å². The SMILES string of the molecule is CCNC(c1ccc2nccnc2c1)C1CCOC1. The Morgan fingerprint density at radius 3 is 2.89 bits per heavy atom. The van der Waals surface area contributed by atoms with Crippen LogP contribution in [0.2, 0.25) is 0 Å². The summed E-state index contributed by atoms with van der Waals surface area (Å²) in [5, 5.41) is 3.58. The van der Waals surface area contributed by atoms with Crippen LogP contribution in [0.3, 0.4) is 0 Å². The first kappa shape index (κ1) is 12.5. The molecule has 1 fully saturated rings. The van der Waals surface area contributed by atoms with Crippen LogP contribution in [0, 0.1) is 5.92 Å². The molecule has 0 spiro atoms. The van der Waals surface area contributed by atoms with Crippen LogP contribution in [0.25, 0.3) is 11.0 Å². The largest absolute Gasteiger partial charge is 0.381 e. The molecule has 1 aliphatic rings. The Labute approximate surface area is 113 Å². The maximum Gasteiger partial charge on any atom is 0.0890 e. The molecule has 0 bridgehead atoms. The van der Waals surface area contributed by atoms with Crippen LogP contribution in [-0.4, -0.2) is 29.7 Å². The Morgan fingerprint density at radius 2 is 2.16 bits per heavy atom. The Kier molecular flexibility index (Phi) is 3.71. The van der Waals surface area contributed by atoms with E-state index in [4.69, 9.17) is 4.74 Å². The standard InChI is InChI=1S/C15H19N3O/c1-2-16-15(12-5-8-19-10-12)11-3-4-13-14(9-11)18-7-6-17-13/h3-4,6-7,9,12,15-16H,2,5,8,10H2,1H3. The van der Waals surface area contributed by atoms with Gasteiger partial charge in [-0.15, -0.1) is 0 Å². The summed E-state index contributed by atoms with van der Waals surface area (Å²) in [6.45, 7) is 4.82. The van der Waals surface area contributed by atoms with E-state index in [1.165, 1.54) is 5.56 Å². The average Bonchev–Trinajstić information content (AvgIpc) is 2.98. The fourth-order valence-electron chi connectivity index (χ4n) is 2.77. The summed E-state index contributed by atoms with van der Waals surface area (Å²) in [6.07, 6.45) is 4.60. The fraction of sp³-hybridized carbons (Fsp3) is 0.467. The molecule has 2 atom stereocenters. The third-order valence-electron chi connectivity index (χ3n) is 3.71. The van der Waals surface area contributed by atoms with Gasteiger partial charge in [0.2, 0.25) is 0 Å². The van der Waals surface area contributed by atoms with Crippen LogP contribution in [0.4, 0.5) is 0 Å². The number of benzene rings is 1. The molecule has 0 radical (unpaired) electrons. The van der Waals surface area contributed by atoms with E-state index in [1.807, 2.05) is 0 Å². The van der Waals surface area contributed by atoms with E-state index in [1.54, 1.807) is 12.4 Å². The smallest absolute Gasteiger partial charge is 0.0890 e. The van der Waals surface area contributed by atoms with Crippen molar-refractivity contribution in [3.63, 3.8) is 0 Å². The van der Waals surface area contributed by atoms with E-state index in [2.05, 4.69) is 40.4 Å². The highest BCUT2D eigenvalue weighted by atomic mass is 16.5. The number of nitrogens with one attached hydrogen (secondary N) is 1. The maximum atomic E-state index is 5.53. The lowest BCUT2D eigenvalue weighted by molar-refractivity contribution is 0.177. The van der Waals surface area contributed by atoms with Crippen LogP contribution < -0.4 is 5.32 Å². The first-order valence-electron chi connectivity index (χ1n) is 6.90. The van der Waals surface area contributed by atoms with Crippen LogP contribution in [-0.2, 0) is 4.74 Å². The minimum atomic E-state index is 0.346. The minimum absolute atomic E-state index is 0.346. The van der Waals surface area contributed by atoms with E-state index in [9.17, 15) is 0 Å². The molecule has 4 nitrogen and oxygen atoms in total. The molecule has 19 heavy (non-hydrogen) atoms. The van der Waals surface area contributed by atoms with Crippen molar-refractivity contribution in [1.82, 2.24) is 15.3 Å². The number of ether oxygens (including phenoxy) is 1. The van der Waals surface area contributed by atoms with Gasteiger partial charge in [0.15, 0.2) is 0 Å². The first-order valence-corrected chi connectivity index (χ1v) is 6.90. The van der Waals surface area contributed by atoms with Crippen molar-refractivity contribution >= 4 is 11.0 Å². The molecule has 3 rings (SSSR count). The van der Waals surface area contributed by atoms with Crippen molar-refractivity contribution in [3.05, 3.63) is 36.2 Å². The Bertz CT molecular complexity index is 552. The molecule has 1 aromatic carbocycles. The molecule has 1 aromatic heterocycles. The molecule has 0 amide bonds. The summed E-state index contributed by atoms with van der Waals surface area (Å²) in [6, 6.07) is 6.70. The summed E-state index contributed by atoms with van der Waals surface area (Å²) in [4.78, 5) is 8.71. The molecule has 100 valence electrons. The van der Waals surface area contributed by atoms with Crippen LogP contribution >= 0.6 is 0 Å². The van der Waals surface area contributed by atoms with E-state index >= 15 is 0 Å². The van der Waals surface area contributed by atoms with Gasteiger partial charge in [0.25, 0.3) is 0 Å². The van der Waals surface area contributed by atoms with Gasteiger partial charge in [-0.2, -0.15) is 0 Å². The van der Waals surface area contributed by atoms with Gasteiger partial charge in [0.05, 0.1) is 17.6 Å². The van der Waals surface area contributed by atoms with Crippen molar-refractivity contribution in [3.8, 4) is 0 Å². The van der Waals surface area contributed by atoms with E-state index in [0.717, 1.165) is 37.2 Å². The molecule has 0 aliphatic carbocycles. The quantitative estimate of drug-likeness (QED) is 0.913. The van der Waals surface area contributed by atoms with Gasteiger partial charge in [-0.1, -0.05) is 13.0 Å². The molecule has 1 N–H and O–H groups in total. The molecule has 1 aliphatic heterocycles. The number of rotatable bonds is 4. The highest BCUT2D eigenvalue weighted by Gasteiger charge is 2.26. The minimum Gasteiger partial charge on any atom is -0.381 e. The zero-order valence-electron chi connectivity index (χ0n) is 11.2. The van der Waals surface area contributed by atoms with Crippen molar-refractivity contribution in [2.24, 2.45) is 5.92 Å². The summed E-state index contributed by atoms with van der Waals surface area (Å²) in [5.74, 6) is 0.550. The lowest BCUT2D eigenvalue weighted by atomic mass is 9.92. The first-order chi connectivity index (χ1) is 9.38. The van der Waals surface area contributed by atoms with Gasteiger partial charge < -0.3 is 10.1 Å². The molecule has 2 aromatic rings. The average molecular weight is 257 g/mol. The van der Waals surface area contributed by atoms with Gasteiger partial charge in [-0.05, 0) is 30.7 Å². The number of aromatic nitrogens is 2. The Balaban J connectivity index is 1.94. The number of nitrogens with zero attached hydrogens (tertiary/aromatic N) is 2. The predicted octanol–water partition coefficient (Wildman–Crippen LogP) is 2.32. The number of fused-ring (bicyclic) bond motifs is 1. The van der Waals surface area contributed by atoms with E-state index in [-0.39, 0.29) is 0 Å². The molecule has 2 unspecified atom stereocenters. The zero-order valence-corrected chi connectivity index (χ0v) is 11.2. The molecule has 2 heterocycles. The summed E-state index contributed by atoms with van der Waals surface area (Å²) in [7, 11) is 0. The lowest BCUT2D eigenvalue weighted by Crippen LogP contribution is -2.28. The number of hydrogen-bond acceptors (Lipinski definition) is 4. The maximum absolute atomic E-state index is 5.53. The monoisotopic (exact) mass is 257 g/mol. The van der Waals surface area contributed by atoms with Crippen molar-refractivity contribution in [2.75, 3.05) is 19.8 Å². The van der Waals surface area contributed by atoms with Gasteiger partial charge in [0, 0.05) is 31.0 Å². The van der Waals surface area contributed by atoms with Gasteiger partial charge in [-0.25, -0.2) is 0 Å². The van der Waals surface area contributed by atoms with E-state index < -0.39 is 0 Å². The highest BCUT2D eigenvalue weighted by Crippen LogP contribution is 2.29. The van der Waals surface area contributed by atoms with Crippen molar-refractivity contribution < 1.29 is 4.74 Å². The van der Waals surface area contributed by atoms with Crippen molar-refractivity contribution in [1.29, 1.82) is 0 Å². The van der Waals surface area contributed by atoms with Gasteiger partial charge in [0.1, 0.15) is 0 Å². The van der Waals surface area contributed by atoms with Gasteiger partial charge >= 0.3 is 0 Å². The normalized spacial score (nSPS) is 20.8. The Morgan fingerprint density at radius 1 is 1.32 bits per heavy atom. The van der Waals surface area contributed by atoms with Crippen LogP contribution in [0.5, 0.6) is 0 Å². The zero-order chi connectivity index (χ0) is 13.1. The molecule has 0 saturated carbocycles. The lowest BCUT2D eigenvalue weighted by Gasteiger charge is -2.23. The predicted molar refractivity (Wildman–Crippen MR) is 74.9 cm³/mol. The van der Waals surface area contributed by atoms with Crippen LogP contribution in [0.1, 0.15) is 24.9 Å². The van der Waals surface area contributed by atoms with E-state index in [0.29, 0.717) is 12.0 Å². The second-order valence-corrected chi connectivity index (χ2v) is 4.96. The number of hydrogen-bond donors (Lipinski definition) is 1. The topological polar surface area (TPSA) is 47.0 Å². The molecular weight excluding hydrogens is 238 g/mol.